The molecule has 0 aliphatic heterocycles. The molecule has 0 fully saturated rings. The van der Waals surface area contributed by atoms with Gasteiger partial charge in [-0.1, -0.05) is 29.1 Å². The van der Waals surface area contributed by atoms with Crippen LogP contribution < -0.4 is 5.32 Å². The smallest absolute Gasteiger partial charge is 0.0264 e. The third kappa shape index (κ3) is 5.37. The highest BCUT2D eigenvalue weighted by Crippen LogP contribution is 2.02. The molecule has 0 aromatic carbocycles. The third-order valence-corrected chi connectivity index (χ3v) is 1.05. The second-order valence-corrected chi connectivity index (χ2v) is 2.57. The fourth-order valence-electron chi connectivity index (χ4n) is 0.274. The molecular weight excluding hydrogens is 178 g/mol. The van der Waals surface area contributed by atoms with Gasteiger partial charge in [-0.25, -0.2) is 0 Å². The minimum atomic E-state index is 0.846. The van der Waals surface area contributed by atoms with E-state index in [1.807, 2.05) is 19.2 Å². The lowest BCUT2D eigenvalue weighted by Crippen LogP contribution is -2.00. The molecule has 0 heterocycles. The molecule has 0 aromatic rings. The first-order valence-corrected chi connectivity index (χ1v) is 3.35. The SMILES string of the molecule is C=C(Br)/C=C\C(=C)NC. The number of allylic oxidation sites excluding steroid dienone is 3. The molecule has 0 saturated heterocycles. The molecule has 0 aliphatic carbocycles. The zero-order valence-electron chi connectivity index (χ0n) is 5.45. The van der Waals surface area contributed by atoms with Crippen molar-refractivity contribution in [3.8, 4) is 0 Å². The summed E-state index contributed by atoms with van der Waals surface area (Å²) in [6, 6.07) is 0. The van der Waals surface area contributed by atoms with Crippen molar-refractivity contribution in [2.75, 3.05) is 7.05 Å². The molecule has 0 unspecified atom stereocenters. The van der Waals surface area contributed by atoms with Gasteiger partial charge in [-0.15, -0.1) is 0 Å². The van der Waals surface area contributed by atoms with Crippen molar-refractivity contribution in [2.24, 2.45) is 0 Å². The van der Waals surface area contributed by atoms with Crippen LogP contribution in [0.25, 0.3) is 0 Å². The first-order valence-electron chi connectivity index (χ1n) is 2.56. The van der Waals surface area contributed by atoms with E-state index in [0.29, 0.717) is 0 Å². The molecule has 1 nitrogen and oxygen atoms in total. The Morgan fingerprint density at radius 3 is 2.33 bits per heavy atom. The predicted octanol–water partition coefficient (Wildman–Crippen LogP) is 2.18. The van der Waals surface area contributed by atoms with Crippen LogP contribution in [0.4, 0.5) is 0 Å². The summed E-state index contributed by atoms with van der Waals surface area (Å²) in [5.74, 6) is 0. The quantitative estimate of drug-likeness (QED) is 0.669. The van der Waals surface area contributed by atoms with Crippen LogP contribution in [0.5, 0.6) is 0 Å². The van der Waals surface area contributed by atoms with E-state index in [0.717, 1.165) is 10.2 Å². The first kappa shape index (κ1) is 8.50. The summed E-state index contributed by atoms with van der Waals surface area (Å²) in [6.45, 7) is 7.31. The summed E-state index contributed by atoms with van der Waals surface area (Å²) in [4.78, 5) is 0. The number of hydrogen-bond donors (Lipinski definition) is 1. The Bertz CT molecular complexity index is 147. The molecule has 1 N–H and O–H groups in total. The van der Waals surface area contributed by atoms with E-state index in [4.69, 9.17) is 0 Å². The number of nitrogens with one attached hydrogen (secondary N) is 1. The van der Waals surface area contributed by atoms with E-state index in [1.165, 1.54) is 0 Å². The van der Waals surface area contributed by atoms with Crippen LogP contribution in [0.15, 0.2) is 35.5 Å². The highest BCUT2D eigenvalue weighted by molar-refractivity contribution is 9.11. The monoisotopic (exact) mass is 187 g/mol. The third-order valence-electron chi connectivity index (χ3n) is 0.786. The Kier molecular flexibility index (Phi) is 4.14. The van der Waals surface area contributed by atoms with Crippen molar-refractivity contribution >= 4 is 15.9 Å². The van der Waals surface area contributed by atoms with Crippen LogP contribution in [-0.2, 0) is 0 Å². The van der Waals surface area contributed by atoms with E-state index >= 15 is 0 Å². The molecule has 2 heteroatoms. The van der Waals surface area contributed by atoms with Crippen LogP contribution in [0.1, 0.15) is 0 Å². The summed E-state index contributed by atoms with van der Waals surface area (Å²) in [6.07, 6.45) is 3.68. The lowest BCUT2D eigenvalue weighted by molar-refractivity contribution is 1.04. The molecule has 0 rings (SSSR count). The maximum Gasteiger partial charge on any atom is 0.0264 e. The molecule has 0 bridgehead atoms. The van der Waals surface area contributed by atoms with Crippen LogP contribution in [0.3, 0.4) is 0 Å². The molecule has 0 aromatic heterocycles. The highest BCUT2D eigenvalue weighted by Gasteiger charge is 1.78. The van der Waals surface area contributed by atoms with Gasteiger partial charge in [0.2, 0.25) is 0 Å². The van der Waals surface area contributed by atoms with E-state index < -0.39 is 0 Å². The number of hydrogen-bond acceptors (Lipinski definition) is 1. The molecule has 0 saturated carbocycles. The normalized spacial score (nSPS) is 9.56. The molecule has 0 radical (unpaired) electrons. The Morgan fingerprint density at radius 2 is 2.00 bits per heavy atom. The lowest BCUT2D eigenvalue weighted by atomic mass is 10.4. The zero-order chi connectivity index (χ0) is 7.28. The fraction of sp³-hybridized carbons (Fsp3) is 0.143. The van der Waals surface area contributed by atoms with E-state index in [9.17, 15) is 0 Å². The molecule has 0 spiro atoms. The maximum absolute atomic E-state index is 3.69. The van der Waals surface area contributed by atoms with Gasteiger partial charge in [0.05, 0.1) is 0 Å². The van der Waals surface area contributed by atoms with Crippen molar-refractivity contribution in [3.63, 3.8) is 0 Å². The second kappa shape index (κ2) is 4.39. The van der Waals surface area contributed by atoms with Gasteiger partial charge in [-0.3, -0.25) is 0 Å². The standard InChI is InChI=1S/C7H10BrN/c1-6(8)4-5-7(2)9-3/h4-5,9H,1-2H2,3H3/b5-4-. The van der Waals surface area contributed by atoms with Gasteiger partial charge in [0.1, 0.15) is 0 Å². The van der Waals surface area contributed by atoms with Crippen molar-refractivity contribution in [1.29, 1.82) is 0 Å². The Morgan fingerprint density at radius 1 is 1.44 bits per heavy atom. The summed E-state index contributed by atoms with van der Waals surface area (Å²) >= 11 is 3.18. The fourth-order valence-corrected chi connectivity index (χ4v) is 0.407. The van der Waals surface area contributed by atoms with Crippen LogP contribution in [0.2, 0.25) is 0 Å². The highest BCUT2D eigenvalue weighted by atomic mass is 79.9. The molecule has 0 atom stereocenters. The average molecular weight is 188 g/mol. The van der Waals surface area contributed by atoms with Gasteiger partial charge >= 0.3 is 0 Å². The van der Waals surface area contributed by atoms with Gasteiger partial charge in [0.25, 0.3) is 0 Å². The van der Waals surface area contributed by atoms with Gasteiger partial charge < -0.3 is 5.32 Å². The van der Waals surface area contributed by atoms with Gasteiger partial charge in [-0.05, 0) is 12.2 Å². The first-order chi connectivity index (χ1) is 4.16. The molecule has 50 valence electrons. The summed E-state index contributed by atoms with van der Waals surface area (Å²) in [5.41, 5.74) is 0.871. The average Bonchev–Trinajstić information content (AvgIpc) is 1.83. The molecule has 9 heavy (non-hydrogen) atoms. The van der Waals surface area contributed by atoms with Gasteiger partial charge in [-0.2, -0.15) is 0 Å². The van der Waals surface area contributed by atoms with Crippen molar-refractivity contribution in [3.05, 3.63) is 35.5 Å². The minimum Gasteiger partial charge on any atom is -0.389 e. The predicted molar refractivity (Wildman–Crippen MR) is 45.4 cm³/mol. The lowest BCUT2D eigenvalue weighted by Gasteiger charge is -1.93. The molecule has 0 amide bonds. The number of likely N-dealkylation sites (N-methyl/N-ethyl adjacent to an activating group) is 1. The zero-order valence-corrected chi connectivity index (χ0v) is 7.03. The van der Waals surface area contributed by atoms with Gasteiger partial charge in [0, 0.05) is 17.2 Å². The maximum atomic E-state index is 3.69. The number of halogens is 1. The van der Waals surface area contributed by atoms with E-state index in [1.54, 1.807) is 0 Å². The van der Waals surface area contributed by atoms with Gasteiger partial charge in [0.15, 0.2) is 0 Å². The second-order valence-electron chi connectivity index (χ2n) is 1.56. The van der Waals surface area contributed by atoms with E-state index in [-0.39, 0.29) is 0 Å². The number of rotatable bonds is 3. The van der Waals surface area contributed by atoms with Crippen molar-refractivity contribution in [2.45, 2.75) is 0 Å². The summed E-state index contributed by atoms with van der Waals surface area (Å²) in [7, 11) is 1.82. The largest absolute Gasteiger partial charge is 0.389 e. The van der Waals surface area contributed by atoms with Crippen LogP contribution in [-0.4, -0.2) is 7.05 Å². The van der Waals surface area contributed by atoms with Crippen molar-refractivity contribution in [1.82, 2.24) is 5.32 Å². The summed E-state index contributed by atoms with van der Waals surface area (Å²) in [5, 5.41) is 2.88. The Labute approximate surface area is 64.3 Å². The Balaban J connectivity index is 3.71. The van der Waals surface area contributed by atoms with Crippen LogP contribution >= 0.6 is 15.9 Å². The molecule has 0 aliphatic rings. The van der Waals surface area contributed by atoms with Crippen LogP contribution in [0, 0.1) is 0 Å². The van der Waals surface area contributed by atoms with Crippen molar-refractivity contribution < 1.29 is 0 Å². The summed E-state index contributed by atoms with van der Waals surface area (Å²) < 4.78 is 0.846. The van der Waals surface area contributed by atoms with E-state index in [2.05, 4.69) is 34.4 Å². The molecular formula is C7H10BrN. The topological polar surface area (TPSA) is 12.0 Å². The Hall–Kier alpha value is -0.500. The minimum absolute atomic E-state index is 0.846.